The molecule has 4 rings (SSSR count). The van der Waals surface area contributed by atoms with E-state index in [0.29, 0.717) is 26.2 Å². The van der Waals surface area contributed by atoms with Crippen LogP contribution in [0.1, 0.15) is 36.8 Å². The van der Waals surface area contributed by atoms with Crippen molar-refractivity contribution >= 4 is 10.2 Å². The van der Waals surface area contributed by atoms with Gasteiger partial charge in [0.1, 0.15) is 0 Å². The van der Waals surface area contributed by atoms with Gasteiger partial charge in [-0.25, -0.2) is 0 Å². The number of hydrogen-bond acceptors (Lipinski definition) is 3. The Kier molecular flexibility index (Phi) is 3.96. The monoisotopic (exact) mass is 336 g/mol. The number of hydrogen-bond donors (Lipinski definition) is 0. The van der Waals surface area contributed by atoms with Gasteiger partial charge in [-0.05, 0) is 43.2 Å². The van der Waals surface area contributed by atoms with Gasteiger partial charge in [-0.1, -0.05) is 24.3 Å². The summed E-state index contributed by atoms with van der Waals surface area (Å²) in [5.41, 5.74) is 2.37. The van der Waals surface area contributed by atoms with Crippen LogP contribution in [0.25, 0.3) is 0 Å². The highest BCUT2D eigenvalue weighted by Gasteiger charge is 2.42. The summed E-state index contributed by atoms with van der Waals surface area (Å²) in [6, 6.07) is 8.14. The predicted octanol–water partition coefficient (Wildman–Crippen LogP) is 1.93. The van der Waals surface area contributed by atoms with Crippen molar-refractivity contribution in [3.63, 3.8) is 0 Å². The third kappa shape index (κ3) is 2.82. The predicted molar refractivity (Wildman–Crippen MR) is 88.2 cm³/mol. The number of rotatable bonds is 2. The van der Waals surface area contributed by atoms with Crippen LogP contribution >= 0.6 is 0 Å². The molecule has 0 aromatic heterocycles. The van der Waals surface area contributed by atoms with Crippen molar-refractivity contribution in [2.75, 3.05) is 26.2 Å². The molecule has 0 unspecified atom stereocenters. The first-order chi connectivity index (χ1) is 11.1. The molecule has 1 aromatic carbocycles. The Balaban J connectivity index is 1.47. The van der Waals surface area contributed by atoms with Crippen LogP contribution < -0.4 is 0 Å². The van der Waals surface area contributed by atoms with E-state index in [4.69, 9.17) is 4.74 Å². The van der Waals surface area contributed by atoms with Crippen molar-refractivity contribution in [1.29, 1.82) is 0 Å². The van der Waals surface area contributed by atoms with Crippen LogP contribution in [0.15, 0.2) is 24.3 Å². The fraction of sp³-hybridized carbons (Fsp3) is 0.647. The minimum atomic E-state index is -3.36. The molecular weight excluding hydrogens is 312 g/mol. The van der Waals surface area contributed by atoms with E-state index in [0.717, 1.165) is 44.3 Å². The Bertz CT molecular complexity index is 673. The first kappa shape index (κ1) is 15.6. The van der Waals surface area contributed by atoms with Crippen LogP contribution in [0, 0.1) is 0 Å². The normalized spacial score (nSPS) is 25.6. The van der Waals surface area contributed by atoms with E-state index in [1.165, 1.54) is 5.56 Å². The molecule has 3 heterocycles. The van der Waals surface area contributed by atoms with Crippen molar-refractivity contribution in [2.45, 2.75) is 44.2 Å². The molecule has 1 aromatic rings. The summed E-state index contributed by atoms with van der Waals surface area (Å²) in [6.07, 6.45) is 4.65. The first-order valence-electron chi connectivity index (χ1n) is 8.55. The van der Waals surface area contributed by atoms with Gasteiger partial charge in [0.15, 0.2) is 0 Å². The molecule has 0 N–H and O–H groups in total. The summed E-state index contributed by atoms with van der Waals surface area (Å²) in [4.78, 5) is 0. The Morgan fingerprint density at radius 2 is 1.70 bits per heavy atom. The van der Waals surface area contributed by atoms with Crippen molar-refractivity contribution in [3.05, 3.63) is 35.4 Å². The molecular formula is C17H24N2O3S. The van der Waals surface area contributed by atoms with E-state index >= 15 is 0 Å². The Morgan fingerprint density at radius 3 is 2.39 bits per heavy atom. The number of piperidine rings is 1. The zero-order chi connectivity index (χ0) is 15.9. The van der Waals surface area contributed by atoms with Crippen molar-refractivity contribution in [3.8, 4) is 0 Å². The topological polar surface area (TPSA) is 49.9 Å². The molecule has 3 aliphatic heterocycles. The van der Waals surface area contributed by atoms with E-state index in [1.54, 1.807) is 8.61 Å². The molecule has 0 bridgehead atoms. The maximum Gasteiger partial charge on any atom is 0.282 e. The lowest BCUT2D eigenvalue weighted by Crippen LogP contribution is -2.51. The number of nitrogens with zero attached hydrogens (tertiary/aromatic N) is 2. The number of fused-ring (bicyclic) bond motifs is 1. The maximum absolute atomic E-state index is 13.0. The van der Waals surface area contributed by atoms with E-state index < -0.39 is 10.2 Å². The Morgan fingerprint density at radius 1 is 0.957 bits per heavy atom. The molecule has 5 nitrogen and oxygen atoms in total. The van der Waals surface area contributed by atoms with Crippen molar-refractivity contribution in [1.82, 2.24) is 8.61 Å². The summed E-state index contributed by atoms with van der Waals surface area (Å²) in [7, 11) is -3.36. The first-order valence-corrected chi connectivity index (χ1v) is 9.95. The van der Waals surface area contributed by atoms with Crippen LogP contribution in [0.5, 0.6) is 0 Å². The SMILES string of the molecule is O=S(=O)(N1CCC2(CCCO2)CC1)N1CCc2ccccc2C1. The minimum Gasteiger partial charge on any atom is -0.375 e. The quantitative estimate of drug-likeness (QED) is 0.829. The van der Waals surface area contributed by atoms with E-state index in [1.807, 2.05) is 18.2 Å². The molecule has 0 radical (unpaired) electrons. The highest BCUT2D eigenvalue weighted by molar-refractivity contribution is 7.86. The van der Waals surface area contributed by atoms with E-state index in [-0.39, 0.29) is 5.60 Å². The van der Waals surface area contributed by atoms with Crippen LogP contribution in [-0.4, -0.2) is 48.9 Å². The summed E-state index contributed by atoms with van der Waals surface area (Å²) in [6.45, 7) is 3.07. The summed E-state index contributed by atoms with van der Waals surface area (Å²) in [5, 5.41) is 0. The Hall–Kier alpha value is -0.950. The second-order valence-electron chi connectivity index (χ2n) is 6.89. The Labute approximate surface area is 138 Å². The van der Waals surface area contributed by atoms with E-state index in [2.05, 4.69) is 6.07 Å². The maximum atomic E-state index is 13.0. The fourth-order valence-electron chi connectivity index (χ4n) is 4.10. The van der Waals surface area contributed by atoms with Gasteiger partial charge in [0.05, 0.1) is 5.60 Å². The molecule has 0 atom stereocenters. The lowest BCUT2D eigenvalue weighted by molar-refractivity contribution is -0.0316. The van der Waals surface area contributed by atoms with Crippen LogP contribution in [0.3, 0.4) is 0 Å². The summed E-state index contributed by atoms with van der Waals surface area (Å²) in [5.74, 6) is 0. The fourth-order valence-corrected chi connectivity index (χ4v) is 5.70. The molecule has 3 aliphatic rings. The van der Waals surface area contributed by atoms with Crippen LogP contribution in [0.4, 0.5) is 0 Å². The molecule has 2 fully saturated rings. The number of benzene rings is 1. The standard InChI is InChI=1S/C17H24N2O3S/c20-23(21,18-11-8-17(9-12-18)7-3-13-22-17)19-10-6-15-4-1-2-5-16(15)14-19/h1-2,4-5H,3,6-14H2. The summed E-state index contributed by atoms with van der Waals surface area (Å²) < 4.78 is 35.1. The van der Waals surface area contributed by atoms with Crippen LogP contribution in [0.2, 0.25) is 0 Å². The largest absolute Gasteiger partial charge is 0.375 e. The number of ether oxygens (including phenoxy) is 1. The molecule has 2 saturated heterocycles. The molecule has 6 heteroatoms. The second-order valence-corrected chi connectivity index (χ2v) is 8.82. The van der Waals surface area contributed by atoms with Gasteiger partial charge in [-0.2, -0.15) is 17.0 Å². The van der Waals surface area contributed by atoms with Gasteiger partial charge < -0.3 is 4.74 Å². The zero-order valence-electron chi connectivity index (χ0n) is 13.4. The lowest BCUT2D eigenvalue weighted by Gasteiger charge is -2.40. The molecule has 0 amide bonds. The second kappa shape index (κ2) is 5.84. The highest BCUT2D eigenvalue weighted by Crippen LogP contribution is 2.37. The third-order valence-electron chi connectivity index (χ3n) is 5.57. The van der Waals surface area contributed by atoms with Gasteiger partial charge in [-0.15, -0.1) is 0 Å². The van der Waals surface area contributed by atoms with Gasteiger partial charge in [0.2, 0.25) is 0 Å². The molecule has 0 saturated carbocycles. The average Bonchev–Trinajstić information content (AvgIpc) is 3.03. The van der Waals surface area contributed by atoms with Gasteiger partial charge >= 0.3 is 0 Å². The molecule has 23 heavy (non-hydrogen) atoms. The zero-order valence-corrected chi connectivity index (χ0v) is 14.2. The highest BCUT2D eigenvalue weighted by atomic mass is 32.2. The smallest absolute Gasteiger partial charge is 0.282 e. The van der Waals surface area contributed by atoms with Gasteiger partial charge in [-0.3, -0.25) is 0 Å². The summed E-state index contributed by atoms with van der Waals surface area (Å²) >= 11 is 0. The molecule has 126 valence electrons. The van der Waals surface area contributed by atoms with Crippen molar-refractivity contribution in [2.24, 2.45) is 0 Å². The molecule has 0 aliphatic carbocycles. The minimum absolute atomic E-state index is 0.0412. The molecule has 1 spiro atoms. The van der Waals surface area contributed by atoms with Crippen molar-refractivity contribution < 1.29 is 13.2 Å². The van der Waals surface area contributed by atoms with E-state index in [9.17, 15) is 8.42 Å². The average molecular weight is 336 g/mol. The van der Waals surface area contributed by atoms with Gasteiger partial charge in [0.25, 0.3) is 10.2 Å². The third-order valence-corrected chi connectivity index (χ3v) is 7.55. The van der Waals surface area contributed by atoms with Crippen LogP contribution in [-0.2, 0) is 27.9 Å². The lowest BCUT2D eigenvalue weighted by atomic mass is 9.90. The van der Waals surface area contributed by atoms with Gasteiger partial charge in [0, 0.05) is 32.8 Å².